The van der Waals surface area contributed by atoms with E-state index in [-0.39, 0.29) is 30.9 Å². The lowest BCUT2D eigenvalue weighted by atomic mass is 10.0. The van der Waals surface area contributed by atoms with E-state index >= 15 is 0 Å². The van der Waals surface area contributed by atoms with Crippen LogP contribution in [-0.2, 0) is 9.59 Å². The first kappa shape index (κ1) is 16.2. The number of nitrogens with zero attached hydrogens (tertiary/aromatic N) is 2. The molecule has 1 aromatic carbocycles. The number of carbonyl (C=O) groups is 2. The van der Waals surface area contributed by atoms with Gasteiger partial charge in [-0.15, -0.1) is 0 Å². The minimum Gasteiger partial charge on any atom is -0.454 e. The molecular formula is C19H24N2O4. The Balaban J connectivity index is 1.42. The fourth-order valence-corrected chi connectivity index (χ4v) is 4.16. The number of carbonyl (C=O) groups excluding carboxylic acids is 2. The molecular weight excluding hydrogens is 320 g/mol. The Bertz CT molecular complexity index is 684. The second kappa shape index (κ2) is 6.58. The van der Waals surface area contributed by atoms with Crippen LogP contribution in [0.2, 0.25) is 0 Å². The van der Waals surface area contributed by atoms with Gasteiger partial charge in [0.2, 0.25) is 18.6 Å². The smallest absolute Gasteiger partial charge is 0.231 e. The zero-order chi connectivity index (χ0) is 17.4. The molecule has 0 radical (unpaired) electrons. The molecule has 2 amide bonds. The van der Waals surface area contributed by atoms with Gasteiger partial charge in [-0.05, 0) is 30.9 Å². The number of ether oxygens (including phenoxy) is 2. The molecule has 0 spiro atoms. The van der Waals surface area contributed by atoms with E-state index in [1.807, 2.05) is 30.1 Å². The Labute approximate surface area is 147 Å². The molecule has 1 saturated carbocycles. The van der Waals surface area contributed by atoms with Crippen LogP contribution in [0.25, 0.3) is 0 Å². The summed E-state index contributed by atoms with van der Waals surface area (Å²) in [7, 11) is 1.87. The molecule has 1 aliphatic carbocycles. The quantitative estimate of drug-likeness (QED) is 0.842. The van der Waals surface area contributed by atoms with Gasteiger partial charge in [-0.2, -0.15) is 0 Å². The van der Waals surface area contributed by atoms with Crippen LogP contribution < -0.4 is 14.4 Å². The predicted octanol–water partition coefficient (Wildman–Crippen LogP) is 2.42. The first-order chi connectivity index (χ1) is 12.1. The second-order valence-electron chi connectivity index (χ2n) is 7.31. The second-order valence-corrected chi connectivity index (χ2v) is 7.31. The molecule has 1 saturated heterocycles. The number of benzene rings is 1. The first-order valence-corrected chi connectivity index (χ1v) is 9.07. The molecule has 2 heterocycles. The van der Waals surface area contributed by atoms with Gasteiger partial charge >= 0.3 is 0 Å². The van der Waals surface area contributed by atoms with E-state index in [0.29, 0.717) is 24.0 Å². The van der Waals surface area contributed by atoms with Gasteiger partial charge in [0.05, 0.1) is 5.92 Å². The lowest BCUT2D eigenvalue weighted by Gasteiger charge is -2.24. The SMILES string of the molecule is CN(CC1CCCC1)C(=O)[C@H]1CC(=O)N(c2ccc3c(c2)OCO3)C1. The van der Waals surface area contributed by atoms with Crippen LogP contribution in [0.5, 0.6) is 11.5 Å². The summed E-state index contributed by atoms with van der Waals surface area (Å²) in [6, 6.07) is 5.47. The molecule has 2 fully saturated rings. The van der Waals surface area contributed by atoms with Crippen molar-refractivity contribution >= 4 is 17.5 Å². The van der Waals surface area contributed by atoms with Crippen molar-refractivity contribution < 1.29 is 19.1 Å². The highest BCUT2D eigenvalue weighted by atomic mass is 16.7. The molecule has 1 atom stereocenters. The van der Waals surface area contributed by atoms with Crippen molar-refractivity contribution in [1.82, 2.24) is 4.90 Å². The number of anilines is 1. The van der Waals surface area contributed by atoms with Crippen molar-refractivity contribution in [2.24, 2.45) is 11.8 Å². The third-order valence-electron chi connectivity index (χ3n) is 5.53. The molecule has 0 unspecified atom stereocenters. The first-order valence-electron chi connectivity index (χ1n) is 9.07. The van der Waals surface area contributed by atoms with E-state index in [4.69, 9.17) is 9.47 Å². The number of hydrogen-bond acceptors (Lipinski definition) is 4. The highest BCUT2D eigenvalue weighted by Crippen LogP contribution is 2.37. The van der Waals surface area contributed by atoms with E-state index in [0.717, 1.165) is 12.2 Å². The van der Waals surface area contributed by atoms with Crippen molar-refractivity contribution in [3.8, 4) is 11.5 Å². The number of fused-ring (bicyclic) bond motifs is 1. The largest absolute Gasteiger partial charge is 0.454 e. The lowest BCUT2D eigenvalue weighted by molar-refractivity contribution is -0.135. The zero-order valence-electron chi connectivity index (χ0n) is 14.6. The summed E-state index contributed by atoms with van der Waals surface area (Å²) in [5, 5.41) is 0. The molecule has 4 rings (SSSR count). The molecule has 3 aliphatic rings. The standard InChI is InChI=1S/C19H24N2O4/c1-20(10-13-4-2-3-5-13)19(23)14-8-18(22)21(11-14)15-6-7-16-17(9-15)25-12-24-16/h6-7,9,13-14H,2-5,8,10-12H2,1H3/t14-/m0/s1. The highest BCUT2D eigenvalue weighted by molar-refractivity contribution is 6.00. The molecule has 0 aromatic heterocycles. The molecule has 2 aliphatic heterocycles. The molecule has 0 bridgehead atoms. The maximum absolute atomic E-state index is 12.7. The fraction of sp³-hybridized carbons (Fsp3) is 0.579. The van der Waals surface area contributed by atoms with Gasteiger partial charge in [0.1, 0.15) is 0 Å². The van der Waals surface area contributed by atoms with Crippen LogP contribution in [-0.4, -0.2) is 43.6 Å². The molecule has 0 N–H and O–H groups in total. The Morgan fingerprint density at radius 3 is 2.80 bits per heavy atom. The average molecular weight is 344 g/mol. The van der Waals surface area contributed by atoms with Crippen LogP contribution in [0, 0.1) is 11.8 Å². The van der Waals surface area contributed by atoms with Crippen LogP contribution in [0.15, 0.2) is 18.2 Å². The fourth-order valence-electron chi connectivity index (χ4n) is 4.16. The van der Waals surface area contributed by atoms with E-state index in [2.05, 4.69) is 0 Å². The van der Waals surface area contributed by atoms with E-state index in [1.165, 1.54) is 25.7 Å². The van der Waals surface area contributed by atoms with Crippen molar-refractivity contribution in [3.05, 3.63) is 18.2 Å². The summed E-state index contributed by atoms with van der Waals surface area (Å²) in [5.74, 6) is 1.79. The van der Waals surface area contributed by atoms with Gasteiger partial charge in [-0.1, -0.05) is 12.8 Å². The Morgan fingerprint density at radius 1 is 1.24 bits per heavy atom. The third kappa shape index (κ3) is 3.17. The van der Waals surface area contributed by atoms with Gasteiger partial charge in [0.15, 0.2) is 11.5 Å². The maximum Gasteiger partial charge on any atom is 0.231 e. The van der Waals surface area contributed by atoms with Crippen LogP contribution in [0.1, 0.15) is 32.1 Å². The summed E-state index contributed by atoms with van der Waals surface area (Å²) in [6.07, 6.45) is 5.25. The van der Waals surface area contributed by atoms with Crippen LogP contribution >= 0.6 is 0 Å². The van der Waals surface area contributed by atoms with Crippen LogP contribution in [0.4, 0.5) is 5.69 Å². The molecule has 25 heavy (non-hydrogen) atoms. The predicted molar refractivity (Wildman–Crippen MR) is 92.6 cm³/mol. The van der Waals surface area contributed by atoms with Crippen LogP contribution in [0.3, 0.4) is 0 Å². The average Bonchev–Trinajstić information content (AvgIpc) is 3.33. The van der Waals surface area contributed by atoms with E-state index < -0.39 is 0 Å². The van der Waals surface area contributed by atoms with Gasteiger partial charge in [-0.3, -0.25) is 9.59 Å². The summed E-state index contributed by atoms with van der Waals surface area (Å²) in [4.78, 5) is 28.7. The normalized spacial score (nSPS) is 22.7. The van der Waals surface area contributed by atoms with Crippen molar-refractivity contribution in [3.63, 3.8) is 0 Å². The Kier molecular flexibility index (Phi) is 4.27. The number of amides is 2. The Hall–Kier alpha value is -2.24. The molecule has 6 heteroatoms. The zero-order valence-corrected chi connectivity index (χ0v) is 14.6. The number of hydrogen-bond donors (Lipinski definition) is 0. The molecule has 1 aromatic rings. The van der Waals surface area contributed by atoms with Gasteiger partial charge in [0.25, 0.3) is 0 Å². The van der Waals surface area contributed by atoms with E-state index in [9.17, 15) is 9.59 Å². The van der Waals surface area contributed by atoms with Crippen molar-refractivity contribution in [1.29, 1.82) is 0 Å². The van der Waals surface area contributed by atoms with E-state index in [1.54, 1.807) is 4.90 Å². The highest BCUT2D eigenvalue weighted by Gasteiger charge is 2.37. The van der Waals surface area contributed by atoms with Gasteiger partial charge in [-0.25, -0.2) is 0 Å². The van der Waals surface area contributed by atoms with Crippen molar-refractivity contribution in [2.75, 3.05) is 31.8 Å². The Morgan fingerprint density at radius 2 is 2.00 bits per heavy atom. The maximum atomic E-state index is 12.7. The van der Waals surface area contributed by atoms with Gasteiger partial charge in [0, 0.05) is 38.3 Å². The summed E-state index contributed by atoms with van der Waals surface area (Å²) < 4.78 is 10.7. The van der Waals surface area contributed by atoms with Gasteiger partial charge < -0.3 is 19.3 Å². The minimum absolute atomic E-state index is 0.00789. The lowest BCUT2D eigenvalue weighted by Crippen LogP contribution is -2.37. The monoisotopic (exact) mass is 344 g/mol. The summed E-state index contributed by atoms with van der Waals surface area (Å²) in [6.45, 7) is 1.46. The minimum atomic E-state index is -0.260. The number of rotatable bonds is 4. The summed E-state index contributed by atoms with van der Waals surface area (Å²) in [5.41, 5.74) is 0.767. The molecule has 6 nitrogen and oxygen atoms in total. The molecule has 134 valence electrons. The van der Waals surface area contributed by atoms with Crippen molar-refractivity contribution in [2.45, 2.75) is 32.1 Å². The third-order valence-corrected chi connectivity index (χ3v) is 5.53. The topological polar surface area (TPSA) is 59.1 Å². The summed E-state index contributed by atoms with van der Waals surface area (Å²) >= 11 is 0.